The maximum Gasteiger partial charge on any atom is 0.323 e. The van der Waals surface area contributed by atoms with E-state index in [-0.39, 0.29) is 6.03 Å². The van der Waals surface area contributed by atoms with E-state index in [0.717, 1.165) is 23.8 Å². The zero-order chi connectivity index (χ0) is 17.5. The average molecular weight is 339 g/mol. The Morgan fingerprint density at radius 3 is 2.40 bits per heavy atom. The molecule has 132 valence electrons. The van der Waals surface area contributed by atoms with Crippen molar-refractivity contribution in [3.05, 3.63) is 48.5 Å². The summed E-state index contributed by atoms with van der Waals surface area (Å²) in [6, 6.07) is 14.8. The second-order valence-electron chi connectivity index (χ2n) is 6.39. The topological polar surface area (TPSA) is 62.4 Å². The highest BCUT2D eigenvalue weighted by Crippen LogP contribution is 2.25. The van der Waals surface area contributed by atoms with E-state index in [1.807, 2.05) is 36.4 Å². The Morgan fingerprint density at radius 2 is 1.68 bits per heavy atom. The average Bonchev–Trinajstić information content (AvgIpc) is 3.15. The van der Waals surface area contributed by atoms with Gasteiger partial charge in [-0.3, -0.25) is 0 Å². The number of methoxy groups -OCH3 is 1. The standard InChI is InChI=1S/C20H25N3O2/c1-25-19-9-5-4-8-18(19)23-20(24)22-17-12-10-16(11-13-17)21-14-15-6-2-3-7-15/h4-5,8-13,15,21H,2-3,6-7,14H2,1H3,(H2,22,23,24). The van der Waals surface area contributed by atoms with E-state index >= 15 is 0 Å². The van der Waals surface area contributed by atoms with Gasteiger partial charge in [0.1, 0.15) is 5.75 Å². The number of carbonyl (C=O) groups excluding carboxylic acids is 1. The van der Waals surface area contributed by atoms with Crippen LogP contribution in [0.4, 0.5) is 21.9 Å². The molecule has 0 saturated heterocycles. The molecule has 3 N–H and O–H groups in total. The number of nitrogens with one attached hydrogen (secondary N) is 3. The van der Waals surface area contributed by atoms with Crippen molar-refractivity contribution >= 4 is 23.1 Å². The molecular weight excluding hydrogens is 314 g/mol. The van der Waals surface area contributed by atoms with Gasteiger partial charge in [-0.25, -0.2) is 4.79 Å². The van der Waals surface area contributed by atoms with Crippen molar-refractivity contribution in [1.29, 1.82) is 0 Å². The van der Waals surface area contributed by atoms with Crippen LogP contribution >= 0.6 is 0 Å². The largest absolute Gasteiger partial charge is 0.495 e. The molecule has 1 aliphatic rings. The Labute approximate surface area is 148 Å². The highest BCUT2D eigenvalue weighted by Gasteiger charge is 2.14. The maximum absolute atomic E-state index is 12.1. The Bertz CT molecular complexity index is 694. The third-order valence-electron chi connectivity index (χ3n) is 4.57. The summed E-state index contributed by atoms with van der Waals surface area (Å²) in [5, 5.41) is 9.11. The van der Waals surface area contributed by atoms with Crippen LogP contribution in [0.3, 0.4) is 0 Å². The van der Waals surface area contributed by atoms with Gasteiger partial charge in [-0.1, -0.05) is 25.0 Å². The monoisotopic (exact) mass is 339 g/mol. The van der Waals surface area contributed by atoms with Crippen LogP contribution < -0.4 is 20.7 Å². The van der Waals surface area contributed by atoms with Crippen LogP contribution in [0, 0.1) is 5.92 Å². The van der Waals surface area contributed by atoms with Gasteiger partial charge in [-0.05, 0) is 55.2 Å². The fourth-order valence-corrected chi connectivity index (χ4v) is 3.18. The van der Waals surface area contributed by atoms with Crippen LogP contribution in [0.2, 0.25) is 0 Å². The minimum absolute atomic E-state index is 0.295. The summed E-state index contributed by atoms with van der Waals surface area (Å²) < 4.78 is 5.23. The third-order valence-corrected chi connectivity index (χ3v) is 4.57. The fraction of sp³-hybridized carbons (Fsp3) is 0.350. The number of amides is 2. The van der Waals surface area contributed by atoms with Gasteiger partial charge in [0, 0.05) is 17.9 Å². The first-order chi connectivity index (χ1) is 12.2. The third kappa shape index (κ3) is 4.89. The molecule has 2 amide bonds. The summed E-state index contributed by atoms with van der Waals surface area (Å²) in [5.74, 6) is 1.42. The molecule has 1 saturated carbocycles. The van der Waals surface area contributed by atoms with E-state index in [0.29, 0.717) is 11.4 Å². The molecule has 5 heteroatoms. The summed E-state index contributed by atoms with van der Waals surface area (Å²) in [7, 11) is 1.58. The first kappa shape index (κ1) is 17.1. The van der Waals surface area contributed by atoms with Gasteiger partial charge in [0.25, 0.3) is 0 Å². The second-order valence-corrected chi connectivity index (χ2v) is 6.39. The highest BCUT2D eigenvalue weighted by atomic mass is 16.5. The van der Waals surface area contributed by atoms with Gasteiger partial charge < -0.3 is 20.7 Å². The summed E-state index contributed by atoms with van der Waals surface area (Å²) in [4.78, 5) is 12.1. The van der Waals surface area contributed by atoms with Crippen molar-refractivity contribution in [1.82, 2.24) is 0 Å². The van der Waals surface area contributed by atoms with Crippen LogP contribution in [-0.2, 0) is 0 Å². The van der Waals surface area contributed by atoms with Crippen LogP contribution in [0.25, 0.3) is 0 Å². The number of para-hydroxylation sites is 2. The van der Waals surface area contributed by atoms with Crippen molar-refractivity contribution in [3.8, 4) is 5.75 Å². The first-order valence-corrected chi connectivity index (χ1v) is 8.79. The zero-order valence-corrected chi connectivity index (χ0v) is 14.5. The second kappa shape index (κ2) is 8.42. The predicted molar refractivity (Wildman–Crippen MR) is 103 cm³/mol. The number of benzene rings is 2. The molecule has 0 radical (unpaired) electrons. The Kier molecular flexibility index (Phi) is 5.77. The van der Waals surface area contributed by atoms with Gasteiger partial charge >= 0.3 is 6.03 Å². The molecule has 0 aromatic heterocycles. The normalized spacial score (nSPS) is 14.1. The van der Waals surface area contributed by atoms with Gasteiger partial charge in [0.05, 0.1) is 12.8 Å². The smallest absolute Gasteiger partial charge is 0.323 e. The van der Waals surface area contributed by atoms with E-state index in [2.05, 4.69) is 16.0 Å². The minimum Gasteiger partial charge on any atom is -0.495 e. The van der Waals surface area contributed by atoms with E-state index in [4.69, 9.17) is 4.74 Å². The van der Waals surface area contributed by atoms with E-state index in [1.54, 1.807) is 19.2 Å². The number of hydrogen-bond donors (Lipinski definition) is 3. The highest BCUT2D eigenvalue weighted by molar-refractivity contribution is 6.00. The van der Waals surface area contributed by atoms with E-state index in [1.165, 1.54) is 25.7 Å². The minimum atomic E-state index is -0.295. The van der Waals surface area contributed by atoms with Crippen molar-refractivity contribution < 1.29 is 9.53 Å². The van der Waals surface area contributed by atoms with Crippen molar-refractivity contribution in [3.63, 3.8) is 0 Å². The van der Waals surface area contributed by atoms with Crippen LogP contribution in [0.5, 0.6) is 5.75 Å². The number of urea groups is 1. The number of hydrogen-bond acceptors (Lipinski definition) is 3. The Balaban J connectivity index is 1.51. The van der Waals surface area contributed by atoms with Crippen LogP contribution in [0.15, 0.2) is 48.5 Å². The molecule has 0 unspecified atom stereocenters. The summed E-state index contributed by atoms with van der Waals surface area (Å²) in [6.45, 7) is 1.03. The lowest BCUT2D eigenvalue weighted by Crippen LogP contribution is -2.19. The molecule has 0 spiro atoms. The summed E-state index contributed by atoms with van der Waals surface area (Å²) in [6.07, 6.45) is 5.37. The lowest BCUT2D eigenvalue weighted by atomic mass is 10.1. The summed E-state index contributed by atoms with van der Waals surface area (Å²) in [5.41, 5.74) is 2.47. The van der Waals surface area contributed by atoms with Crippen molar-refractivity contribution in [2.24, 2.45) is 5.92 Å². The van der Waals surface area contributed by atoms with E-state index in [9.17, 15) is 4.79 Å². The van der Waals surface area contributed by atoms with Gasteiger partial charge in [0.2, 0.25) is 0 Å². The molecular formula is C20H25N3O2. The van der Waals surface area contributed by atoms with Crippen LogP contribution in [0.1, 0.15) is 25.7 Å². The Hall–Kier alpha value is -2.69. The molecule has 0 bridgehead atoms. The lowest BCUT2D eigenvalue weighted by Gasteiger charge is -2.13. The zero-order valence-electron chi connectivity index (χ0n) is 14.5. The van der Waals surface area contributed by atoms with Gasteiger partial charge in [-0.15, -0.1) is 0 Å². The molecule has 2 aromatic rings. The number of anilines is 3. The molecule has 0 aliphatic heterocycles. The number of rotatable bonds is 6. The molecule has 2 aromatic carbocycles. The molecule has 0 atom stereocenters. The first-order valence-electron chi connectivity index (χ1n) is 8.79. The van der Waals surface area contributed by atoms with Gasteiger partial charge in [0.15, 0.2) is 0 Å². The lowest BCUT2D eigenvalue weighted by molar-refractivity contribution is 0.262. The van der Waals surface area contributed by atoms with Gasteiger partial charge in [-0.2, -0.15) is 0 Å². The maximum atomic E-state index is 12.1. The Morgan fingerprint density at radius 1 is 1.00 bits per heavy atom. The number of carbonyl (C=O) groups is 1. The molecule has 3 rings (SSSR count). The van der Waals surface area contributed by atoms with Crippen molar-refractivity contribution in [2.75, 3.05) is 29.6 Å². The number of ether oxygens (including phenoxy) is 1. The SMILES string of the molecule is COc1ccccc1NC(=O)Nc1ccc(NCC2CCCC2)cc1. The predicted octanol–water partition coefficient (Wildman–Crippen LogP) is 4.94. The van der Waals surface area contributed by atoms with Crippen LogP contribution in [-0.4, -0.2) is 19.7 Å². The molecule has 1 aliphatic carbocycles. The van der Waals surface area contributed by atoms with E-state index < -0.39 is 0 Å². The fourth-order valence-electron chi connectivity index (χ4n) is 3.18. The quantitative estimate of drug-likeness (QED) is 0.698. The molecule has 5 nitrogen and oxygen atoms in total. The molecule has 0 heterocycles. The molecule has 25 heavy (non-hydrogen) atoms. The summed E-state index contributed by atoms with van der Waals surface area (Å²) >= 11 is 0. The molecule has 1 fully saturated rings. The van der Waals surface area contributed by atoms with Crippen molar-refractivity contribution in [2.45, 2.75) is 25.7 Å².